The minimum absolute atomic E-state index is 0.0518. The summed E-state index contributed by atoms with van der Waals surface area (Å²) in [4.78, 5) is 27.2. The molecule has 2 atom stereocenters. The Balaban J connectivity index is 2.01. The van der Waals surface area contributed by atoms with Gasteiger partial charge >= 0.3 is 0 Å². The topological polar surface area (TPSA) is 49.4 Å². The van der Waals surface area contributed by atoms with Crippen LogP contribution < -0.4 is 5.32 Å². The van der Waals surface area contributed by atoms with Crippen molar-refractivity contribution in [2.45, 2.75) is 50.7 Å². The summed E-state index contributed by atoms with van der Waals surface area (Å²) in [6.07, 6.45) is 2.62. The van der Waals surface area contributed by atoms with Gasteiger partial charge in [0.25, 0.3) is 0 Å². The maximum Gasteiger partial charge on any atom is 0.249 e. The Morgan fingerprint density at radius 2 is 1.90 bits per heavy atom. The van der Waals surface area contributed by atoms with E-state index in [0.717, 1.165) is 18.4 Å². The lowest BCUT2D eigenvalue weighted by Crippen LogP contribution is -2.66. The predicted molar refractivity (Wildman–Crippen MR) is 75.9 cm³/mol. The maximum atomic E-state index is 12.8. The van der Waals surface area contributed by atoms with Crippen LogP contribution in [0.3, 0.4) is 0 Å². The summed E-state index contributed by atoms with van der Waals surface area (Å²) in [6.45, 7) is 3.76. The number of rotatable bonds is 3. The fraction of sp³-hybridized carbons (Fsp3) is 0.500. The van der Waals surface area contributed by atoms with E-state index in [9.17, 15) is 9.59 Å². The zero-order valence-electron chi connectivity index (χ0n) is 11.9. The van der Waals surface area contributed by atoms with E-state index in [4.69, 9.17) is 0 Å². The second-order valence-corrected chi connectivity index (χ2v) is 5.93. The lowest BCUT2D eigenvalue weighted by Gasteiger charge is -2.44. The van der Waals surface area contributed by atoms with E-state index in [0.29, 0.717) is 6.42 Å². The lowest BCUT2D eigenvalue weighted by molar-refractivity contribution is -0.155. The molecule has 1 heterocycles. The largest absolute Gasteiger partial charge is 0.340 e. The van der Waals surface area contributed by atoms with Crippen molar-refractivity contribution in [3.63, 3.8) is 0 Å². The minimum Gasteiger partial charge on any atom is -0.340 e. The molecule has 2 unspecified atom stereocenters. The van der Waals surface area contributed by atoms with Gasteiger partial charge in [-0.2, -0.15) is 0 Å². The van der Waals surface area contributed by atoms with E-state index in [-0.39, 0.29) is 17.9 Å². The molecule has 3 rings (SSSR count). The number of nitrogens with zero attached hydrogens (tertiary/aromatic N) is 1. The van der Waals surface area contributed by atoms with Crippen LogP contribution in [-0.2, 0) is 9.59 Å². The summed E-state index contributed by atoms with van der Waals surface area (Å²) >= 11 is 0. The molecule has 2 fully saturated rings. The van der Waals surface area contributed by atoms with Crippen LogP contribution in [0, 0.1) is 0 Å². The van der Waals surface area contributed by atoms with Gasteiger partial charge in [-0.3, -0.25) is 9.59 Å². The molecule has 20 heavy (non-hydrogen) atoms. The van der Waals surface area contributed by atoms with Crippen LogP contribution in [-0.4, -0.2) is 28.3 Å². The highest BCUT2D eigenvalue weighted by molar-refractivity contribution is 6.00. The smallest absolute Gasteiger partial charge is 0.249 e. The van der Waals surface area contributed by atoms with Crippen molar-refractivity contribution >= 4 is 11.8 Å². The Bertz CT molecular complexity index is 539. The third kappa shape index (κ3) is 1.99. The molecule has 0 bridgehead atoms. The van der Waals surface area contributed by atoms with Crippen molar-refractivity contribution in [2.75, 3.05) is 0 Å². The van der Waals surface area contributed by atoms with Gasteiger partial charge < -0.3 is 10.2 Å². The van der Waals surface area contributed by atoms with Crippen LogP contribution in [0.15, 0.2) is 30.3 Å². The van der Waals surface area contributed by atoms with Crippen molar-refractivity contribution in [3.8, 4) is 0 Å². The molecule has 106 valence electrons. The van der Waals surface area contributed by atoms with E-state index in [1.807, 2.05) is 49.1 Å². The highest BCUT2D eigenvalue weighted by Gasteiger charge is 2.51. The Labute approximate surface area is 119 Å². The van der Waals surface area contributed by atoms with Crippen molar-refractivity contribution in [2.24, 2.45) is 0 Å². The Morgan fingerprint density at radius 1 is 1.25 bits per heavy atom. The van der Waals surface area contributed by atoms with Crippen molar-refractivity contribution in [3.05, 3.63) is 35.9 Å². The van der Waals surface area contributed by atoms with Crippen molar-refractivity contribution in [1.82, 2.24) is 10.2 Å². The molecule has 1 saturated heterocycles. The average Bonchev–Trinajstić information content (AvgIpc) is 3.28. The molecule has 2 amide bonds. The molecule has 1 aliphatic carbocycles. The van der Waals surface area contributed by atoms with Gasteiger partial charge in [-0.05, 0) is 31.7 Å². The molecule has 1 aromatic carbocycles. The summed E-state index contributed by atoms with van der Waals surface area (Å²) in [6, 6.07) is 9.32. The van der Waals surface area contributed by atoms with Crippen LogP contribution >= 0.6 is 0 Å². The Hall–Kier alpha value is -1.84. The summed E-state index contributed by atoms with van der Waals surface area (Å²) < 4.78 is 0. The molecule has 0 radical (unpaired) electrons. The second-order valence-electron chi connectivity index (χ2n) is 5.93. The number of piperazine rings is 1. The molecule has 1 aliphatic heterocycles. The number of carbonyl (C=O) groups excluding carboxylic acids is 2. The summed E-state index contributed by atoms with van der Waals surface area (Å²) in [5.41, 5.74) is 0.133. The molecule has 1 N–H and O–H groups in total. The number of benzene rings is 1. The lowest BCUT2D eigenvalue weighted by atomic mass is 9.89. The number of amides is 2. The highest BCUT2D eigenvalue weighted by atomic mass is 16.2. The van der Waals surface area contributed by atoms with Gasteiger partial charge in [-0.1, -0.05) is 37.3 Å². The van der Waals surface area contributed by atoms with Crippen LogP contribution in [0.4, 0.5) is 0 Å². The Morgan fingerprint density at radius 3 is 2.45 bits per heavy atom. The second kappa shape index (κ2) is 4.62. The van der Waals surface area contributed by atoms with E-state index < -0.39 is 11.6 Å². The van der Waals surface area contributed by atoms with Gasteiger partial charge in [0.1, 0.15) is 11.6 Å². The van der Waals surface area contributed by atoms with Gasteiger partial charge in [0.15, 0.2) is 0 Å². The first-order valence-electron chi connectivity index (χ1n) is 7.26. The van der Waals surface area contributed by atoms with E-state index in [2.05, 4.69) is 5.32 Å². The van der Waals surface area contributed by atoms with Crippen molar-refractivity contribution < 1.29 is 9.59 Å². The normalized spacial score (nSPS) is 30.3. The van der Waals surface area contributed by atoms with Gasteiger partial charge in [0.2, 0.25) is 11.8 Å². The Kier molecular flexibility index (Phi) is 3.04. The number of carbonyl (C=O) groups is 2. The average molecular weight is 272 g/mol. The summed E-state index contributed by atoms with van der Waals surface area (Å²) in [5, 5.41) is 2.92. The van der Waals surface area contributed by atoms with Crippen LogP contribution in [0.5, 0.6) is 0 Å². The van der Waals surface area contributed by atoms with E-state index >= 15 is 0 Å². The maximum absolute atomic E-state index is 12.8. The quantitative estimate of drug-likeness (QED) is 0.915. The van der Waals surface area contributed by atoms with Crippen molar-refractivity contribution in [1.29, 1.82) is 0 Å². The zero-order valence-corrected chi connectivity index (χ0v) is 11.9. The SMILES string of the molecule is CCC1(C)NC(=O)C(c2ccccc2)N(C2CC2)C1=O. The van der Waals surface area contributed by atoms with Gasteiger partial charge in [0.05, 0.1) is 0 Å². The fourth-order valence-corrected chi connectivity index (χ4v) is 2.84. The fourth-order valence-electron chi connectivity index (χ4n) is 2.84. The minimum atomic E-state index is -0.759. The molecule has 4 heteroatoms. The van der Waals surface area contributed by atoms with E-state index in [1.54, 1.807) is 0 Å². The first-order chi connectivity index (χ1) is 9.57. The van der Waals surface area contributed by atoms with Gasteiger partial charge in [-0.25, -0.2) is 0 Å². The number of nitrogens with one attached hydrogen (secondary N) is 1. The summed E-state index contributed by atoms with van der Waals surface area (Å²) in [5.74, 6) is -0.0111. The molecule has 1 saturated carbocycles. The molecule has 2 aliphatic rings. The third-order valence-corrected chi connectivity index (χ3v) is 4.39. The molecule has 0 aromatic heterocycles. The molecule has 4 nitrogen and oxygen atoms in total. The summed E-state index contributed by atoms with van der Waals surface area (Å²) in [7, 11) is 0. The standard InChI is InChI=1S/C16H20N2O2/c1-3-16(2)15(20)18(12-9-10-12)13(14(19)17-16)11-7-5-4-6-8-11/h4-8,12-13H,3,9-10H2,1-2H3,(H,17,19). The predicted octanol–water partition coefficient (Wildman–Crippen LogP) is 2.02. The zero-order chi connectivity index (χ0) is 14.3. The molecular weight excluding hydrogens is 252 g/mol. The van der Waals surface area contributed by atoms with Gasteiger partial charge in [0, 0.05) is 6.04 Å². The van der Waals surface area contributed by atoms with Crippen LogP contribution in [0.2, 0.25) is 0 Å². The number of hydrogen-bond donors (Lipinski definition) is 1. The van der Waals surface area contributed by atoms with Crippen LogP contribution in [0.1, 0.15) is 44.7 Å². The molecule has 0 spiro atoms. The van der Waals surface area contributed by atoms with Gasteiger partial charge in [-0.15, -0.1) is 0 Å². The monoisotopic (exact) mass is 272 g/mol. The molecular formula is C16H20N2O2. The molecule has 1 aromatic rings. The third-order valence-electron chi connectivity index (χ3n) is 4.39. The first-order valence-corrected chi connectivity index (χ1v) is 7.26. The number of hydrogen-bond acceptors (Lipinski definition) is 2. The highest BCUT2D eigenvalue weighted by Crippen LogP contribution is 2.39. The van der Waals surface area contributed by atoms with Crippen LogP contribution in [0.25, 0.3) is 0 Å². The first kappa shape index (κ1) is 13.2. The van der Waals surface area contributed by atoms with E-state index in [1.165, 1.54) is 0 Å².